The van der Waals surface area contributed by atoms with Crippen molar-refractivity contribution in [1.29, 1.82) is 0 Å². The summed E-state index contributed by atoms with van der Waals surface area (Å²) >= 11 is 0. The van der Waals surface area contributed by atoms with Gasteiger partial charge in [-0.3, -0.25) is 4.79 Å². The van der Waals surface area contributed by atoms with Gasteiger partial charge in [-0.05, 0) is 38.3 Å². The summed E-state index contributed by atoms with van der Waals surface area (Å²) in [4.78, 5) is 14.5. The summed E-state index contributed by atoms with van der Waals surface area (Å²) in [5, 5.41) is 0.963. The molecule has 2 heterocycles. The van der Waals surface area contributed by atoms with Crippen LogP contribution in [0.1, 0.15) is 36.7 Å². The molecular weight excluding hydrogens is 288 g/mol. The van der Waals surface area contributed by atoms with Gasteiger partial charge in [-0.15, -0.1) is 12.4 Å². The maximum Gasteiger partial charge on any atom is 0.289 e. The Bertz CT molecular complexity index is 591. The highest BCUT2D eigenvalue weighted by atomic mass is 35.5. The van der Waals surface area contributed by atoms with Crippen LogP contribution in [-0.2, 0) is 0 Å². The van der Waals surface area contributed by atoms with Crippen molar-refractivity contribution in [1.82, 2.24) is 4.90 Å². The van der Waals surface area contributed by atoms with Gasteiger partial charge in [0.1, 0.15) is 5.58 Å². The molecule has 0 bridgehead atoms. The lowest BCUT2D eigenvalue weighted by atomic mass is 9.96. The van der Waals surface area contributed by atoms with Crippen LogP contribution in [0, 0.1) is 0 Å². The van der Waals surface area contributed by atoms with Crippen molar-refractivity contribution in [3.63, 3.8) is 0 Å². The molecule has 1 saturated heterocycles. The van der Waals surface area contributed by atoms with Crippen LogP contribution in [-0.4, -0.2) is 29.4 Å². The molecule has 0 radical (unpaired) electrons. The number of nitrogens with two attached hydrogens (primary N) is 1. The predicted octanol–water partition coefficient (Wildman–Crippen LogP) is 3.20. The number of hydrogen-bond acceptors (Lipinski definition) is 3. The Morgan fingerprint density at radius 2 is 2.14 bits per heavy atom. The van der Waals surface area contributed by atoms with E-state index in [2.05, 4.69) is 0 Å². The Morgan fingerprint density at radius 1 is 1.38 bits per heavy atom. The molecule has 3 rings (SSSR count). The summed E-state index contributed by atoms with van der Waals surface area (Å²) in [6.07, 6.45) is 3.15. The van der Waals surface area contributed by atoms with Crippen molar-refractivity contribution in [3.05, 3.63) is 36.1 Å². The van der Waals surface area contributed by atoms with Crippen LogP contribution in [0.25, 0.3) is 11.0 Å². The standard InChI is InChI=1S/C16H20N2O2.ClH/c1-11(17)13-7-4-5-9-18(13)16(19)15-10-12-6-2-3-8-14(12)20-15;/h2-3,6,8,10-11,13H,4-5,7,9,17H2,1H3;1H. The number of nitrogens with zero attached hydrogens (tertiary/aromatic N) is 1. The van der Waals surface area contributed by atoms with Gasteiger partial charge in [-0.2, -0.15) is 0 Å². The van der Waals surface area contributed by atoms with Crippen LogP contribution in [0.2, 0.25) is 0 Å². The molecule has 2 atom stereocenters. The minimum Gasteiger partial charge on any atom is -0.451 e. The van der Waals surface area contributed by atoms with E-state index >= 15 is 0 Å². The lowest BCUT2D eigenvalue weighted by molar-refractivity contribution is 0.0554. The molecule has 1 aromatic carbocycles. The first-order valence-corrected chi connectivity index (χ1v) is 7.22. The smallest absolute Gasteiger partial charge is 0.289 e. The summed E-state index contributed by atoms with van der Waals surface area (Å²) in [6.45, 7) is 2.73. The summed E-state index contributed by atoms with van der Waals surface area (Å²) < 4.78 is 5.68. The summed E-state index contributed by atoms with van der Waals surface area (Å²) in [6, 6.07) is 9.61. The highest BCUT2D eigenvalue weighted by Crippen LogP contribution is 2.25. The normalized spacial score (nSPS) is 20.1. The molecule has 1 aliphatic rings. The Morgan fingerprint density at radius 3 is 2.86 bits per heavy atom. The Kier molecular flexibility index (Phi) is 4.91. The molecular formula is C16H21ClN2O2. The van der Waals surface area contributed by atoms with Gasteiger partial charge in [0.2, 0.25) is 0 Å². The average molecular weight is 309 g/mol. The zero-order valence-electron chi connectivity index (χ0n) is 12.1. The molecule has 114 valence electrons. The quantitative estimate of drug-likeness (QED) is 0.927. The van der Waals surface area contributed by atoms with E-state index in [4.69, 9.17) is 10.2 Å². The summed E-state index contributed by atoms with van der Waals surface area (Å²) in [5.41, 5.74) is 6.78. The highest BCUT2D eigenvalue weighted by Gasteiger charge is 2.31. The van der Waals surface area contributed by atoms with Gasteiger partial charge in [0.15, 0.2) is 5.76 Å². The molecule has 1 amide bonds. The molecule has 0 aliphatic carbocycles. The van der Waals surface area contributed by atoms with E-state index in [-0.39, 0.29) is 30.4 Å². The fourth-order valence-electron chi connectivity index (χ4n) is 2.98. The van der Waals surface area contributed by atoms with Crippen molar-refractivity contribution < 1.29 is 9.21 Å². The summed E-state index contributed by atoms with van der Waals surface area (Å²) in [5.74, 6) is 0.377. The number of para-hydroxylation sites is 1. The van der Waals surface area contributed by atoms with Gasteiger partial charge in [-0.1, -0.05) is 18.2 Å². The average Bonchev–Trinajstić information content (AvgIpc) is 2.90. The van der Waals surface area contributed by atoms with E-state index < -0.39 is 0 Å². The molecule has 5 heteroatoms. The number of fused-ring (bicyclic) bond motifs is 1. The highest BCUT2D eigenvalue weighted by molar-refractivity contribution is 5.96. The van der Waals surface area contributed by atoms with Crippen molar-refractivity contribution in [2.24, 2.45) is 5.73 Å². The van der Waals surface area contributed by atoms with Crippen LogP contribution < -0.4 is 5.73 Å². The first-order chi connectivity index (χ1) is 9.66. The number of hydrogen-bond donors (Lipinski definition) is 1. The third kappa shape index (κ3) is 3.06. The molecule has 1 fully saturated rings. The number of likely N-dealkylation sites (tertiary alicyclic amines) is 1. The number of piperidine rings is 1. The van der Waals surface area contributed by atoms with Gasteiger partial charge in [0, 0.05) is 24.0 Å². The maximum atomic E-state index is 12.7. The zero-order valence-corrected chi connectivity index (χ0v) is 12.9. The third-order valence-corrected chi connectivity index (χ3v) is 4.05. The van der Waals surface area contributed by atoms with Gasteiger partial charge < -0.3 is 15.1 Å². The van der Waals surface area contributed by atoms with Crippen LogP contribution in [0.4, 0.5) is 0 Å². The van der Waals surface area contributed by atoms with Crippen LogP contribution in [0.3, 0.4) is 0 Å². The molecule has 21 heavy (non-hydrogen) atoms. The third-order valence-electron chi connectivity index (χ3n) is 4.05. The minimum absolute atomic E-state index is 0. The Labute approximate surface area is 130 Å². The van der Waals surface area contributed by atoms with Crippen molar-refractivity contribution in [2.45, 2.75) is 38.3 Å². The number of carbonyl (C=O) groups is 1. The predicted molar refractivity (Wildman–Crippen MR) is 85.8 cm³/mol. The van der Waals surface area contributed by atoms with Gasteiger partial charge in [0.25, 0.3) is 5.91 Å². The number of carbonyl (C=O) groups excluding carboxylic acids is 1. The molecule has 0 spiro atoms. The van der Waals surface area contributed by atoms with Crippen LogP contribution >= 0.6 is 12.4 Å². The first kappa shape index (κ1) is 15.9. The van der Waals surface area contributed by atoms with E-state index in [1.165, 1.54) is 0 Å². The zero-order chi connectivity index (χ0) is 14.1. The lowest BCUT2D eigenvalue weighted by Crippen LogP contribution is -2.51. The molecule has 4 nitrogen and oxygen atoms in total. The van der Waals surface area contributed by atoms with Crippen molar-refractivity contribution in [3.8, 4) is 0 Å². The largest absolute Gasteiger partial charge is 0.451 e. The van der Waals surface area contributed by atoms with E-state index in [1.807, 2.05) is 42.2 Å². The van der Waals surface area contributed by atoms with E-state index in [0.717, 1.165) is 36.8 Å². The fraction of sp³-hybridized carbons (Fsp3) is 0.438. The maximum absolute atomic E-state index is 12.7. The van der Waals surface area contributed by atoms with Crippen molar-refractivity contribution in [2.75, 3.05) is 6.54 Å². The van der Waals surface area contributed by atoms with Gasteiger partial charge in [-0.25, -0.2) is 0 Å². The van der Waals surface area contributed by atoms with Gasteiger partial charge in [0.05, 0.1) is 0 Å². The molecule has 2 N–H and O–H groups in total. The number of rotatable bonds is 2. The summed E-state index contributed by atoms with van der Waals surface area (Å²) in [7, 11) is 0. The van der Waals surface area contributed by atoms with E-state index in [9.17, 15) is 4.79 Å². The SMILES string of the molecule is CC(N)C1CCCCN1C(=O)c1cc2ccccc2o1.Cl. The second-order valence-electron chi connectivity index (χ2n) is 5.57. The molecule has 2 aromatic rings. The lowest BCUT2D eigenvalue weighted by Gasteiger charge is -2.37. The molecule has 1 aromatic heterocycles. The minimum atomic E-state index is -0.0387. The number of amides is 1. The first-order valence-electron chi connectivity index (χ1n) is 7.22. The van der Waals surface area contributed by atoms with Gasteiger partial charge >= 0.3 is 0 Å². The number of furan rings is 1. The molecule has 1 aliphatic heterocycles. The van der Waals surface area contributed by atoms with E-state index in [0.29, 0.717) is 5.76 Å². The number of benzene rings is 1. The Hall–Kier alpha value is -1.52. The molecule has 0 saturated carbocycles. The van der Waals surface area contributed by atoms with Crippen LogP contribution in [0.5, 0.6) is 0 Å². The second kappa shape index (κ2) is 6.50. The fourth-order valence-corrected chi connectivity index (χ4v) is 2.98. The Balaban J connectivity index is 0.00000161. The van der Waals surface area contributed by atoms with Crippen LogP contribution in [0.15, 0.2) is 34.7 Å². The topological polar surface area (TPSA) is 59.5 Å². The van der Waals surface area contributed by atoms with Crippen molar-refractivity contribution >= 4 is 29.3 Å². The molecule has 2 unspecified atom stereocenters. The number of halogens is 1. The van der Waals surface area contributed by atoms with E-state index in [1.54, 1.807) is 0 Å². The second-order valence-corrected chi connectivity index (χ2v) is 5.57. The monoisotopic (exact) mass is 308 g/mol.